The fourth-order valence-electron chi connectivity index (χ4n) is 4.16. The Morgan fingerprint density at radius 2 is 1.75 bits per heavy atom. The lowest BCUT2D eigenvalue weighted by Crippen LogP contribution is -2.42. The second-order valence-corrected chi connectivity index (χ2v) is 7.36. The molecule has 0 radical (unpaired) electrons. The van der Waals surface area contributed by atoms with Crippen molar-refractivity contribution in [1.82, 2.24) is 9.88 Å². The average molecular weight is 344 g/mol. The number of anilines is 1. The van der Waals surface area contributed by atoms with E-state index >= 15 is 0 Å². The molecule has 1 aromatic heterocycles. The molecule has 2 aliphatic heterocycles. The Bertz CT molecular complexity index is 722. The van der Waals surface area contributed by atoms with Crippen LogP contribution in [0.4, 0.5) is 5.82 Å². The van der Waals surface area contributed by atoms with E-state index in [1.54, 1.807) is 0 Å². The van der Waals surface area contributed by atoms with E-state index in [2.05, 4.69) is 34.0 Å². The van der Waals surface area contributed by atoms with Crippen LogP contribution in [0.2, 0.25) is 5.15 Å². The summed E-state index contributed by atoms with van der Waals surface area (Å²) in [6, 6.07) is 4.35. The number of nitrogens with zero attached hydrogens (tertiary/aromatic N) is 5. The third-order valence-corrected chi connectivity index (χ3v) is 5.84. The molecule has 126 valence electrons. The first-order chi connectivity index (χ1) is 11.5. The van der Waals surface area contributed by atoms with Crippen LogP contribution in [-0.4, -0.2) is 43.1 Å². The molecule has 0 aliphatic carbocycles. The lowest BCUT2D eigenvalue weighted by Gasteiger charge is -2.40. The second-order valence-electron chi connectivity index (χ2n) is 7.01. The number of piperidine rings is 1. The summed E-state index contributed by atoms with van der Waals surface area (Å²) in [5.74, 6) is 0.652. The molecular formula is C18H22ClN5. The van der Waals surface area contributed by atoms with Crippen molar-refractivity contribution in [2.45, 2.75) is 32.6 Å². The molecule has 0 aromatic carbocycles. The number of aromatic nitrogens is 1. The highest BCUT2D eigenvalue weighted by atomic mass is 35.5. The first-order valence-corrected chi connectivity index (χ1v) is 8.87. The van der Waals surface area contributed by atoms with Gasteiger partial charge in [-0.3, -0.25) is 0 Å². The number of nitriles is 2. The minimum atomic E-state index is 0.212. The molecule has 0 N–H and O–H groups in total. The summed E-state index contributed by atoms with van der Waals surface area (Å²) in [6.07, 6.45) is 4.08. The number of hydrogen-bond donors (Lipinski definition) is 0. The predicted octanol–water partition coefficient (Wildman–Crippen LogP) is 2.96. The fourth-order valence-corrected chi connectivity index (χ4v) is 4.40. The Kier molecular flexibility index (Phi) is 4.67. The van der Waals surface area contributed by atoms with Gasteiger partial charge in [-0.25, -0.2) is 4.98 Å². The van der Waals surface area contributed by atoms with E-state index in [4.69, 9.17) is 11.6 Å². The van der Waals surface area contributed by atoms with E-state index < -0.39 is 0 Å². The van der Waals surface area contributed by atoms with Crippen molar-refractivity contribution in [2.75, 3.05) is 38.1 Å². The molecular weight excluding hydrogens is 322 g/mol. The Balaban J connectivity index is 1.90. The average Bonchev–Trinajstić information content (AvgIpc) is 2.94. The summed E-state index contributed by atoms with van der Waals surface area (Å²) in [7, 11) is 2.18. The minimum absolute atomic E-state index is 0.212. The van der Waals surface area contributed by atoms with Crippen LogP contribution in [0.5, 0.6) is 0 Å². The quantitative estimate of drug-likeness (QED) is 0.772. The van der Waals surface area contributed by atoms with Crippen LogP contribution in [0.3, 0.4) is 0 Å². The lowest BCUT2D eigenvalue weighted by atomic mass is 9.77. The molecule has 6 heteroatoms. The summed E-state index contributed by atoms with van der Waals surface area (Å²) in [6.45, 7) is 6.05. The summed E-state index contributed by atoms with van der Waals surface area (Å²) in [5.41, 5.74) is 1.99. The van der Waals surface area contributed by atoms with E-state index in [0.29, 0.717) is 28.8 Å². The maximum absolute atomic E-state index is 9.64. The maximum atomic E-state index is 9.64. The van der Waals surface area contributed by atoms with Crippen molar-refractivity contribution < 1.29 is 0 Å². The Labute approximate surface area is 148 Å². The van der Waals surface area contributed by atoms with Gasteiger partial charge in [0.25, 0.3) is 0 Å². The third kappa shape index (κ3) is 2.83. The van der Waals surface area contributed by atoms with E-state index in [9.17, 15) is 10.5 Å². The van der Waals surface area contributed by atoms with E-state index in [0.717, 1.165) is 38.0 Å². The summed E-state index contributed by atoms with van der Waals surface area (Å²) in [5, 5.41) is 19.2. The largest absolute Gasteiger partial charge is 0.355 e. The van der Waals surface area contributed by atoms with Crippen LogP contribution in [0, 0.1) is 28.1 Å². The highest BCUT2D eigenvalue weighted by molar-refractivity contribution is 6.30. The molecule has 2 saturated heterocycles. The molecule has 2 fully saturated rings. The number of pyridine rings is 1. The van der Waals surface area contributed by atoms with Gasteiger partial charge in [-0.15, -0.1) is 0 Å². The van der Waals surface area contributed by atoms with Gasteiger partial charge < -0.3 is 9.80 Å². The number of likely N-dealkylation sites (tertiary alicyclic amines) is 1. The SMILES string of the molecule is CCc1c(C#N)c(Cl)nc(N2CCC3(CCN(C)C3)CC2)c1C#N. The van der Waals surface area contributed by atoms with Crippen LogP contribution < -0.4 is 4.90 Å². The molecule has 3 rings (SSSR count). The first-order valence-electron chi connectivity index (χ1n) is 8.49. The van der Waals surface area contributed by atoms with Gasteiger partial charge in [0.15, 0.2) is 0 Å². The zero-order valence-electron chi connectivity index (χ0n) is 14.3. The standard InChI is InChI=1S/C18H22ClN5/c1-3-13-14(10-20)16(19)22-17(15(13)11-21)24-8-5-18(6-9-24)4-7-23(2)12-18/h3-9,12H2,1-2H3. The molecule has 0 unspecified atom stereocenters. The predicted molar refractivity (Wildman–Crippen MR) is 94.0 cm³/mol. The van der Waals surface area contributed by atoms with Gasteiger partial charge in [0, 0.05) is 19.6 Å². The van der Waals surface area contributed by atoms with Gasteiger partial charge in [-0.05, 0) is 50.3 Å². The minimum Gasteiger partial charge on any atom is -0.355 e. The highest BCUT2D eigenvalue weighted by Crippen LogP contribution is 2.41. The molecule has 0 saturated carbocycles. The van der Waals surface area contributed by atoms with Gasteiger partial charge in [0.1, 0.15) is 23.1 Å². The Hall–Kier alpha value is -1.82. The van der Waals surface area contributed by atoms with Crippen molar-refractivity contribution in [2.24, 2.45) is 5.41 Å². The molecule has 24 heavy (non-hydrogen) atoms. The Morgan fingerprint density at radius 3 is 2.25 bits per heavy atom. The summed E-state index contributed by atoms with van der Waals surface area (Å²) in [4.78, 5) is 8.99. The zero-order chi connectivity index (χ0) is 17.3. The smallest absolute Gasteiger partial charge is 0.149 e. The van der Waals surface area contributed by atoms with Crippen molar-refractivity contribution in [1.29, 1.82) is 10.5 Å². The van der Waals surface area contributed by atoms with Gasteiger partial charge >= 0.3 is 0 Å². The molecule has 5 nitrogen and oxygen atoms in total. The van der Waals surface area contributed by atoms with E-state index in [1.165, 1.54) is 13.0 Å². The van der Waals surface area contributed by atoms with Crippen molar-refractivity contribution >= 4 is 17.4 Å². The van der Waals surface area contributed by atoms with Crippen LogP contribution in [0.25, 0.3) is 0 Å². The van der Waals surface area contributed by atoms with Crippen LogP contribution in [0.1, 0.15) is 42.9 Å². The Morgan fingerprint density at radius 1 is 1.12 bits per heavy atom. The molecule has 0 atom stereocenters. The van der Waals surface area contributed by atoms with Gasteiger partial charge in [-0.2, -0.15) is 10.5 Å². The lowest BCUT2D eigenvalue weighted by molar-refractivity contribution is 0.221. The molecule has 2 aliphatic rings. The maximum Gasteiger partial charge on any atom is 0.149 e. The second kappa shape index (κ2) is 6.59. The topological polar surface area (TPSA) is 67.0 Å². The van der Waals surface area contributed by atoms with Crippen molar-refractivity contribution in [3.05, 3.63) is 21.8 Å². The number of hydrogen-bond acceptors (Lipinski definition) is 5. The van der Waals surface area contributed by atoms with Crippen molar-refractivity contribution in [3.63, 3.8) is 0 Å². The molecule has 0 bridgehead atoms. The highest BCUT2D eigenvalue weighted by Gasteiger charge is 2.40. The van der Waals surface area contributed by atoms with E-state index in [1.807, 2.05) is 6.92 Å². The number of rotatable bonds is 2. The van der Waals surface area contributed by atoms with Gasteiger partial charge in [0.2, 0.25) is 0 Å². The van der Waals surface area contributed by atoms with Gasteiger partial charge in [-0.1, -0.05) is 18.5 Å². The van der Waals surface area contributed by atoms with E-state index in [-0.39, 0.29) is 5.15 Å². The monoisotopic (exact) mass is 343 g/mol. The van der Waals surface area contributed by atoms with Crippen LogP contribution in [0.15, 0.2) is 0 Å². The first kappa shape index (κ1) is 17.0. The normalized spacial score (nSPS) is 20.1. The summed E-state index contributed by atoms with van der Waals surface area (Å²) < 4.78 is 0. The van der Waals surface area contributed by atoms with Crippen LogP contribution in [-0.2, 0) is 6.42 Å². The molecule has 1 aromatic rings. The molecule has 3 heterocycles. The molecule has 0 amide bonds. The third-order valence-electron chi connectivity index (χ3n) is 5.57. The van der Waals surface area contributed by atoms with Crippen molar-refractivity contribution in [3.8, 4) is 12.1 Å². The zero-order valence-corrected chi connectivity index (χ0v) is 15.0. The summed E-state index contributed by atoms with van der Waals surface area (Å²) >= 11 is 6.22. The van der Waals surface area contributed by atoms with Crippen LogP contribution >= 0.6 is 11.6 Å². The molecule has 1 spiro atoms. The van der Waals surface area contributed by atoms with Gasteiger partial charge in [0.05, 0.1) is 11.1 Å². The fraction of sp³-hybridized carbons (Fsp3) is 0.611. The number of halogens is 1.